The van der Waals surface area contributed by atoms with Crippen molar-refractivity contribution in [1.82, 2.24) is 9.55 Å². The van der Waals surface area contributed by atoms with Crippen LogP contribution in [0.4, 0.5) is 5.95 Å². The highest BCUT2D eigenvalue weighted by atomic mass is 15.2. The fourth-order valence-corrected chi connectivity index (χ4v) is 2.43. The Morgan fingerprint density at radius 3 is 2.22 bits per heavy atom. The van der Waals surface area contributed by atoms with Crippen LogP contribution in [-0.4, -0.2) is 15.1 Å². The summed E-state index contributed by atoms with van der Waals surface area (Å²) < 4.78 is 2.26. The quantitative estimate of drug-likeness (QED) is 0.786. The van der Waals surface area contributed by atoms with Crippen molar-refractivity contribution in [2.24, 2.45) is 5.92 Å². The van der Waals surface area contributed by atoms with E-state index in [-0.39, 0.29) is 5.54 Å². The predicted molar refractivity (Wildman–Crippen MR) is 79.0 cm³/mol. The van der Waals surface area contributed by atoms with Gasteiger partial charge in [-0.25, -0.2) is 4.98 Å². The van der Waals surface area contributed by atoms with E-state index in [1.807, 2.05) is 0 Å². The van der Waals surface area contributed by atoms with E-state index >= 15 is 0 Å². The van der Waals surface area contributed by atoms with Crippen molar-refractivity contribution in [2.75, 3.05) is 5.32 Å². The monoisotopic (exact) mass is 251 g/mol. The fraction of sp³-hybridized carbons (Fsp3) is 0.800. The van der Waals surface area contributed by atoms with Gasteiger partial charge in [0.15, 0.2) is 0 Å². The van der Waals surface area contributed by atoms with Gasteiger partial charge in [0.05, 0.1) is 5.69 Å². The maximum Gasteiger partial charge on any atom is 0.203 e. The molecule has 0 saturated heterocycles. The smallest absolute Gasteiger partial charge is 0.203 e. The summed E-state index contributed by atoms with van der Waals surface area (Å²) in [7, 11) is 0. The van der Waals surface area contributed by atoms with Crippen molar-refractivity contribution >= 4 is 5.95 Å². The van der Waals surface area contributed by atoms with Crippen LogP contribution in [0.1, 0.15) is 59.6 Å². The molecule has 104 valence electrons. The number of nitrogens with one attached hydrogen (secondary N) is 1. The molecule has 0 spiro atoms. The third kappa shape index (κ3) is 3.50. The van der Waals surface area contributed by atoms with Gasteiger partial charge < -0.3 is 9.88 Å². The summed E-state index contributed by atoms with van der Waals surface area (Å²) in [5.74, 6) is 1.67. The van der Waals surface area contributed by atoms with Crippen LogP contribution < -0.4 is 5.32 Å². The number of hydrogen-bond acceptors (Lipinski definition) is 2. The van der Waals surface area contributed by atoms with Gasteiger partial charge in [-0.05, 0) is 32.1 Å². The van der Waals surface area contributed by atoms with Crippen LogP contribution >= 0.6 is 0 Å². The lowest BCUT2D eigenvalue weighted by atomic mass is 9.90. The Hall–Kier alpha value is -0.990. The summed E-state index contributed by atoms with van der Waals surface area (Å²) in [5, 5.41) is 3.69. The average molecular weight is 251 g/mol. The highest BCUT2D eigenvalue weighted by Crippen LogP contribution is 2.25. The minimum atomic E-state index is 0.187. The molecule has 0 atom stereocenters. The van der Waals surface area contributed by atoms with Gasteiger partial charge >= 0.3 is 0 Å². The van der Waals surface area contributed by atoms with Crippen LogP contribution in [0.2, 0.25) is 0 Å². The van der Waals surface area contributed by atoms with Crippen LogP contribution in [0, 0.1) is 12.8 Å². The first-order chi connectivity index (χ1) is 8.46. The lowest BCUT2D eigenvalue weighted by molar-refractivity contribution is 0.411. The Bertz CT molecular complexity index is 354. The van der Waals surface area contributed by atoms with Crippen LogP contribution in [0.5, 0.6) is 0 Å². The normalized spacial score (nSPS) is 12.2. The maximum absolute atomic E-state index is 4.64. The van der Waals surface area contributed by atoms with E-state index in [1.165, 1.54) is 0 Å². The van der Waals surface area contributed by atoms with Gasteiger partial charge in [-0.1, -0.05) is 34.6 Å². The molecule has 0 aliphatic rings. The van der Waals surface area contributed by atoms with Gasteiger partial charge in [0.1, 0.15) is 0 Å². The molecule has 18 heavy (non-hydrogen) atoms. The molecule has 3 nitrogen and oxygen atoms in total. The number of nitrogens with zero attached hydrogens (tertiary/aromatic N) is 2. The molecule has 0 aromatic carbocycles. The first-order valence-electron chi connectivity index (χ1n) is 7.28. The molecule has 1 aromatic rings. The van der Waals surface area contributed by atoms with Crippen molar-refractivity contribution in [3.63, 3.8) is 0 Å². The molecule has 1 aromatic heterocycles. The zero-order chi connectivity index (χ0) is 13.8. The Balaban J connectivity index is 2.94. The number of hydrogen-bond donors (Lipinski definition) is 1. The second-order valence-electron chi connectivity index (χ2n) is 5.72. The van der Waals surface area contributed by atoms with Crippen molar-refractivity contribution in [3.05, 3.63) is 11.9 Å². The van der Waals surface area contributed by atoms with Crippen LogP contribution in [-0.2, 0) is 6.54 Å². The van der Waals surface area contributed by atoms with E-state index in [0.717, 1.165) is 37.4 Å². The molecule has 1 rings (SSSR count). The maximum atomic E-state index is 4.64. The number of anilines is 1. The molecule has 0 amide bonds. The molecule has 0 aliphatic heterocycles. The van der Waals surface area contributed by atoms with Gasteiger partial charge in [0, 0.05) is 18.3 Å². The van der Waals surface area contributed by atoms with E-state index in [9.17, 15) is 0 Å². The molecule has 3 heteroatoms. The molecule has 0 aliphatic carbocycles. The van der Waals surface area contributed by atoms with Crippen LogP contribution in [0.3, 0.4) is 0 Å². The van der Waals surface area contributed by atoms with E-state index in [1.54, 1.807) is 0 Å². The summed E-state index contributed by atoms with van der Waals surface area (Å²) in [6.45, 7) is 14.3. The second kappa shape index (κ2) is 6.26. The topological polar surface area (TPSA) is 29.9 Å². The van der Waals surface area contributed by atoms with Crippen molar-refractivity contribution in [3.8, 4) is 0 Å². The van der Waals surface area contributed by atoms with E-state index in [0.29, 0.717) is 5.92 Å². The predicted octanol–water partition coefficient (Wildman–Crippen LogP) is 4.23. The van der Waals surface area contributed by atoms with Crippen molar-refractivity contribution < 1.29 is 0 Å². The molecule has 0 saturated carbocycles. The molecule has 0 unspecified atom stereocenters. The first-order valence-corrected chi connectivity index (χ1v) is 7.28. The Labute approximate surface area is 112 Å². The van der Waals surface area contributed by atoms with Crippen LogP contribution in [0.25, 0.3) is 0 Å². The SMILES string of the molecule is CCC(CC)(CC)Nc1nc(C)cn1CC(C)C. The summed E-state index contributed by atoms with van der Waals surface area (Å²) in [6, 6.07) is 0. The molecular weight excluding hydrogens is 222 g/mol. The minimum absolute atomic E-state index is 0.187. The number of aryl methyl sites for hydroxylation is 1. The van der Waals surface area contributed by atoms with E-state index in [4.69, 9.17) is 0 Å². The summed E-state index contributed by atoms with van der Waals surface area (Å²) in [4.78, 5) is 4.64. The third-order valence-electron chi connectivity index (χ3n) is 3.87. The zero-order valence-corrected chi connectivity index (χ0v) is 12.9. The largest absolute Gasteiger partial charge is 0.350 e. The molecule has 1 heterocycles. The summed E-state index contributed by atoms with van der Waals surface area (Å²) in [5.41, 5.74) is 1.28. The van der Waals surface area contributed by atoms with Crippen LogP contribution in [0.15, 0.2) is 6.20 Å². The highest BCUT2D eigenvalue weighted by Gasteiger charge is 2.25. The number of imidazole rings is 1. The van der Waals surface area contributed by atoms with E-state index in [2.05, 4.69) is 62.6 Å². The third-order valence-corrected chi connectivity index (χ3v) is 3.87. The molecule has 0 fully saturated rings. The Morgan fingerprint density at radius 1 is 1.22 bits per heavy atom. The summed E-state index contributed by atoms with van der Waals surface area (Å²) >= 11 is 0. The molecular formula is C15H29N3. The zero-order valence-electron chi connectivity index (χ0n) is 12.9. The van der Waals surface area contributed by atoms with Gasteiger partial charge in [-0.3, -0.25) is 0 Å². The molecule has 0 bridgehead atoms. The van der Waals surface area contributed by atoms with Crippen molar-refractivity contribution in [1.29, 1.82) is 0 Å². The van der Waals surface area contributed by atoms with E-state index < -0.39 is 0 Å². The highest BCUT2D eigenvalue weighted by molar-refractivity contribution is 5.33. The second-order valence-corrected chi connectivity index (χ2v) is 5.72. The van der Waals surface area contributed by atoms with Gasteiger partial charge in [0.25, 0.3) is 0 Å². The Kier molecular flexibility index (Phi) is 5.24. The Morgan fingerprint density at radius 2 is 1.78 bits per heavy atom. The van der Waals surface area contributed by atoms with Gasteiger partial charge in [-0.15, -0.1) is 0 Å². The molecule has 0 radical (unpaired) electrons. The number of aromatic nitrogens is 2. The first kappa shape index (κ1) is 15.1. The molecule has 1 N–H and O–H groups in total. The fourth-order valence-electron chi connectivity index (χ4n) is 2.43. The summed E-state index contributed by atoms with van der Waals surface area (Å²) in [6.07, 6.45) is 5.54. The number of rotatable bonds is 7. The minimum Gasteiger partial charge on any atom is -0.350 e. The average Bonchev–Trinajstić information content (AvgIpc) is 2.65. The van der Waals surface area contributed by atoms with Gasteiger partial charge in [-0.2, -0.15) is 0 Å². The van der Waals surface area contributed by atoms with Gasteiger partial charge in [0.2, 0.25) is 5.95 Å². The lowest BCUT2D eigenvalue weighted by Crippen LogP contribution is -2.37. The lowest BCUT2D eigenvalue weighted by Gasteiger charge is -2.32. The standard InChI is InChI=1S/C15H29N3/c1-7-15(8-2,9-3)17-14-16-13(6)11-18(14)10-12(4)5/h11-12H,7-10H2,1-6H3,(H,16,17). The van der Waals surface area contributed by atoms with Crippen molar-refractivity contribution in [2.45, 2.75) is 72.9 Å².